The van der Waals surface area contributed by atoms with Gasteiger partial charge in [0.2, 0.25) is 0 Å². The summed E-state index contributed by atoms with van der Waals surface area (Å²) in [6.07, 6.45) is 3.69. The Bertz CT molecular complexity index is 493. The third kappa shape index (κ3) is 3.16. The number of nitrogens with zero attached hydrogens (tertiary/aromatic N) is 2. The largest absolute Gasteiger partial charge is 0.299 e. The first-order valence-corrected chi connectivity index (χ1v) is 8.47. The molecule has 1 heterocycles. The smallest absolute Gasteiger partial charge is 0.136 e. The van der Waals surface area contributed by atoms with Gasteiger partial charge in [-0.15, -0.1) is 0 Å². The number of rotatable bonds is 4. The zero-order chi connectivity index (χ0) is 14.9. The Labute approximate surface area is 130 Å². The molecule has 3 nitrogen and oxygen atoms in total. The number of Topliss-reactive ketones (excluding diaryl/α,β-unsaturated/α-hetero) is 1. The number of hydrogen-bond donors (Lipinski definition) is 0. The van der Waals surface area contributed by atoms with Gasteiger partial charge >= 0.3 is 0 Å². The number of carbonyl (C=O) groups is 1. The molecule has 4 heteroatoms. The van der Waals surface area contributed by atoms with Gasteiger partial charge in [0.25, 0.3) is 0 Å². The molecule has 0 spiro atoms. The van der Waals surface area contributed by atoms with Gasteiger partial charge in [-0.05, 0) is 54.5 Å². The van der Waals surface area contributed by atoms with E-state index in [0.29, 0.717) is 17.6 Å². The van der Waals surface area contributed by atoms with Crippen molar-refractivity contribution < 1.29 is 4.79 Å². The van der Waals surface area contributed by atoms with E-state index < -0.39 is 0 Å². The fourth-order valence-electron chi connectivity index (χ4n) is 3.25. The minimum atomic E-state index is 0.175. The standard InChI is InChI=1S/C16H25BrN2O/c1-5-19-14(16(17)11(4)18-19)9-13-8-12(10(2)3)6-7-15(13)20/h10,12-13H,5-9H2,1-4H3. The SMILES string of the molecule is CCn1nc(C)c(Br)c1CC1CC(C(C)C)CCC1=O. The van der Waals surface area contributed by atoms with E-state index in [-0.39, 0.29) is 5.92 Å². The monoisotopic (exact) mass is 340 g/mol. The molecule has 1 aromatic heterocycles. The van der Waals surface area contributed by atoms with Crippen LogP contribution in [0.1, 0.15) is 51.4 Å². The fraction of sp³-hybridized carbons (Fsp3) is 0.750. The maximum atomic E-state index is 12.2. The molecule has 0 N–H and O–H groups in total. The van der Waals surface area contributed by atoms with E-state index in [1.165, 1.54) is 5.69 Å². The normalized spacial score (nSPS) is 23.6. The minimum Gasteiger partial charge on any atom is -0.299 e. The first kappa shape index (κ1) is 15.7. The lowest BCUT2D eigenvalue weighted by atomic mass is 9.74. The third-order valence-corrected chi connectivity index (χ3v) is 5.67. The molecule has 20 heavy (non-hydrogen) atoms. The van der Waals surface area contributed by atoms with E-state index in [1.54, 1.807) is 0 Å². The lowest BCUT2D eigenvalue weighted by Crippen LogP contribution is -2.29. The lowest BCUT2D eigenvalue weighted by molar-refractivity contribution is -0.126. The topological polar surface area (TPSA) is 34.9 Å². The summed E-state index contributed by atoms with van der Waals surface area (Å²) in [6.45, 7) is 9.51. The highest BCUT2D eigenvalue weighted by atomic mass is 79.9. The average Bonchev–Trinajstić information content (AvgIpc) is 2.68. The van der Waals surface area contributed by atoms with Crippen LogP contribution in [0.4, 0.5) is 0 Å². The molecule has 0 aromatic carbocycles. The molecule has 0 aliphatic heterocycles. The van der Waals surface area contributed by atoms with Crippen molar-refractivity contribution in [2.24, 2.45) is 17.8 Å². The summed E-state index contributed by atoms with van der Waals surface area (Å²) in [4.78, 5) is 12.2. The molecule has 2 atom stereocenters. The molecule has 2 unspecified atom stereocenters. The van der Waals surface area contributed by atoms with E-state index in [9.17, 15) is 4.79 Å². The number of hydrogen-bond acceptors (Lipinski definition) is 2. The summed E-state index contributed by atoms with van der Waals surface area (Å²) >= 11 is 3.64. The van der Waals surface area contributed by atoms with Crippen LogP contribution in [0.15, 0.2) is 4.47 Å². The van der Waals surface area contributed by atoms with Crippen LogP contribution in [0.3, 0.4) is 0 Å². The van der Waals surface area contributed by atoms with Crippen LogP contribution in [0.2, 0.25) is 0 Å². The van der Waals surface area contributed by atoms with Gasteiger partial charge in [0.05, 0.1) is 15.9 Å². The maximum Gasteiger partial charge on any atom is 0.136 e. The van der Waals surface area contributed by atoms with Crippen molar-refractivity contribution in [2.75, 3.05) is 0 Å². The van der Waals surface area contributed by atoms with Gasteiger partial charge in [-0.3, -0.25) is 9.48 Å². The highest BCUT2D eigenvalue weighted by Gasteiger charge is 2.31. The minimum absolute atomic E-state index is 0.175. The van der Waals surface area contributed by atoms with E-state index >= 15 is 0 Å². The number of carbonyl (C=O) groups excluding carboxylic acids is 1. The number of ketones is 1. The van der Waals surface area contributed by atoms with Gasteiger partial charge < -0.3 is 0 Å². The van der Waals surface area contributed by atoms with Crippen molar-refractivity contribution in [1.82, 2.24) is 9.78 Å². The molecule has 2 rings (SSSR count). The molecule has 0 saturated heterocycles. The molecule has 1 aliphatic rings. The number of aryl methyl sites for hydroxylation is 2. The van der Waals surface area contributed by atoms with Crippen molar-refractivity contribution in [2.45, 2.75) is 59.9 Å². The van der Waals surface area contributed by atoms with Crippen molar-refractivity contribution in [3.63, 3.8) is 0 Å². The van der Waals surface area contributed by atoms with Crippen LogP contribution in [0, 0.1) is 24.7 Å². The van der Waals surface area contributed by atoms with E-state index in [2.05, 4.69) is 41.8 Å². The second-order valence-electron chi connectivity index (χ2n) is 6.31. The molecule has 112 valence electrons. The Morgan fingerprint density at radius 1 is 1.45 bits per heavy atom. The highest BCUT2D eigenvalue weighted by Crippen LogP contribution is 2.35. The molecule has 1 aromatic rings. The van der Waals surface area contributed by atoms with Crippen molar-refractivity contribution in [3.05, 3.63) is 15.9 Å². The average molecular weight is 341 g/mol. The van der Waals surface area contributed by atoms with Crippen LogP contribution < -0.4 is 0 Å². The quantitative estimate of drug-likeness (QED) is 0.824. The van der Waals surface area contributed by atoms with Crippen molar-refractivity contribution in [3.8, 4) is 0 Å². The summed E-state index contributed by atoms with van der Waals surface area (Å²) in [6, 6.07) is 0. The summed E-state index contributed by atoms with van der Waals surface area (Å²) < 4.78 is 3.12. The van der Waals surface area contributed by atoms with Gasteiger partial charge in [0.15, 0.2) is 0 Å². The van der Waals surface area contributed by atoms with Gasteiger partial charge in [0, 0.05) is 25.3 Å². The van der Waals surface area contributed by atoms with Crippen LogP contribution in [-0.4, -0.2) is 15.6 Å². The van der Waals surface area contributed by atoms with Crippen LogP contribution in [0.5, 0.6) is 0 Å². The zero-order valence-corrected chi connectivity index (χ0v) is 14.5. The van der Waals surface area contributed by atoms with Crippen LogP contribution >= 0.6 is 15.9 Å². The number of aromatic nitrogens is 2. The Morgan fingerprint density at radius 2 is 2.15 bits per heavy atom. The van der Waals surface area contributed by atoms with E-state index in [1.807, 2.05) is 11.6 Å². The Kier molecular flexibility index (Phi) is 5.05. The number of halogens is 1. The molecule has 0 radical (unpaired) electrons. The predicted molar refractivity (Wildman–Crippen MR) is 84.7 cm³/mol. The third-order valence-electron chi connectivity index (χ3n) is 4.64. The van der Waals surface area contributed by atoms with Gasteiger partial charge in [0.1, 0.15) is 5.78 Å². The first-order chi connectivity index (χ1) is 9.43. The second-order valence-corrected chi connectivity index (χ2v) is 7.10. The Balaban J connectivity index is 2.17. The van der Waals surface area contributed by atoms with Gasteiger partial charge in [-0.25, -0.2) is 0 Å². The molecule has 0 amide bonds. The molecule has 0 bridgehead atoms. The molecule has 1 saturated carbocycles. The maximum absolute atomic E-state index is 12.2. The van der Waals surface area contributed by atoms with E-state index in [0.717, 1.165) is 42.4 Å². The summed E-state index contributed by atoms with van der Waals surface area (Å²) in [5.74, 6) is 1.98. The molecule has 1 fully saturated rings. The summed E-state index contributed by atoms with van der Waals surface area (Å²) in [5.41, 5.74) is 2.21. The zero-order valence-electron chi connectivity index (χ0n) is 12.9. The van der Waals surface area contributed by atoms with Gasteiger partial charge in [-0.1, -0.05) is 13.8 Å². The molecule has 1 aliphatic carbocycles. The molecular formula is C16H25BrN2O. The van der Waals surface area contributed by atoms with Crippen LogP contribution in [-0.2, 0) is 17.8 Å². The first-order valence-electron chi connectivity index (χ1n) is 7.68. The summed E-state index contributed by atoms with van der Waals surface area (Å²) in [7, 11) is 0. The van der Waals surface area contributed by atoms with E-state index in [4.69, 9.17) is 0 Å². The Morgan fingerprint density at radius 3 is 2.75 bits per heavy atom. The van der Waals surface area contributed by atoms with Crippen LogP contribution in [0.25, 0.3) is 0 Å². The van der Waals surface area contributed by atoms with Crippen molar-refractivity contribution >= 4 is 21.7 Å². The fourth-order valence-corrected chi connectivity index (χ4v) is 3.69. The Hall–Kier alpha value is -0.640. The highest BCUT2D eigenvalue weighted by molar-refractivity contribution is 9.10. The van der Waals surface area contributed by atoms with Crippen molar-refractivity contribution in [1.29, 1.82) is 0 Å². The molecular weight excluding hydrogens is 316 g/mol. The second kappa shape index (κ2) is 6.42. The lowest BCUT2D eigenvalue weighted by Gasteiger charge is -2.30. The predicted octanol–water partition coefficient (Wildman–Crippen LogP) is 4.16. The van der Waals surface area contributed by atoms with Gasteiger partial charge in [-0.2, -0.15) is 5.10 Å². The summed E-state index contributed by atoms with van der Waals surface area (Å²) in [5, 5.41) is 4.53.